The van der Waals surface area contributed by atoms with Crippen LogP contribution in [-0.4, -0.2) is 57.4 Å². The summed E-state index contributed by atoms with van der Waals surface area (Å²) in [6.07, 6.45) is 8.92. The highest BCUT2D eigenvalue weighted by atomic mass is 32.1. The van der Waals surface area contributed by atoms with Crippen molar-refractivity contribution in [1.82, 2.24) is 19.4 Å². The van der Waals surface area contributed by atoms with E-state index in [4.69, 9.17) is 0 Å². The third-order valence-electron chi connectivity index (χ3n) is 6.40. The molecule has 0 bridgehead atoms. The topological polar surface area (TPSA) is 57.9 Å². The van der Waals surface area contributed by atoms with Gasteiger partial charge >= 0.3 is 0 Å². The van der Waals surface area contributed by atoms with Crippen LogP contribution in [0.25, 0.3) is 5.52 Å². The van der Waals surface area contributed by atoms with Crippen LogP contribution in [-0.2, 0) is 0 Å². The molecule has 2 saturated heterocycles. The summed E-state index contributed by atoms with van der Waals surface area (Å²) in [5.74, 6) is 0.637. The van der Waals surface area contributed by atoms with Crippen LogP contribution in [0.5, 0.6) is 0 Å². The molecule has 2 aliphatic rings. The Labute approximate surface area is 180 Å². The van der Waals surface area contributed by atoms with E-state index in [0.717, 1.165) is 62.3 Å². The van der Waals surface area contributed by atoms with E-state index in [9.17, 15) is 9.59 Å². The van der Waals surface area contributed by atoms with E-state index in [1.807, 2.05) is 33.5 Å². The van der Waals surface area contributed by atoms with E-state index < -0.39 is 0 Å². The second-order valence-corrected chi connectivity index (χ2v) is 9.19. The molecule has 0 radical (unpaired) electrons. The van der Waals surface area contributed by atoms with Crippen molar-refractivity contribution in [3.63, 3.8) is 0 Å². The minimum atomic E-state index is 0.0956. The Hall–Kier alpha value is -2.67. The van der Waals surface area contributed by atoms with Crippen LogP contribution in [0, 0.1) is 0 Å². The number of carbonyl (C=O) groups is 2. The van der Waals surface area contributed by atoms with Gasteiger partial charge in [-0.2, -0.15) is 5.10 Å². The summed E-state index contributed by atoms with van der Waals surface area (Å²) in [6.45, 7) is 3.22. The molecule has 0 unspecified atom stereocenters. The fourth-order valence-corrected chi connectivity index (χ4v) is 5.35. The SMILES string of the molecule is O=C(c1cccs1)N1CCC(c2ccn3ncc(C(=O)N4CCCCC4)c3c2)CC1. The monoisotopic (exact) mass is 422 g/mol. The van der Waals surface area contributed by atoms with Crippen molar-refractivity contribution in [2.24, 2.45) is 0 Å². The molecular formula is C23H26N4O2S. The summed E-state index contributed by atoms with van der Waals surface area (Å²) in [6, 6.07) is 8.06. The highest BCUT2D eigenvalue weighted by molar-refractivity contribution is 7.12. The van der Waals surface area contributed by atoms with Gasteiger partial charge in [0.25, 0.3) is 11.8 Å². The van der Waals surface area contributed by atoms with Crippen molar-refractivity contribution < 1.29 is 9.59 Å². The lowest BCUT2D eigenvalue weighted by Crippen LogP contribution is -2.37. The normalized spacial score (nSPS) is 18.1. The number of thiophene rings is 1. The molecule has 5 rings (SSSR count). The summed E-state index contributed by atoms with van der Waals surface area (Å²) in [4.78, 5) is 30.4. The Morgan fingerprint density at radius 2 is 1.73 bits per heavy atom. The van der Waals surface area contributed by atoms with Gasteiger partial charge in [0, 0.05) is 32.4 Å². The van der Waals surface area contributed by atoms with Gasteiger partial charge < -0.3 is 9.80 Å². The van der Waals surface area contributed by atoms with Gasteiger partial charge in [0.1, 0.15) is 0 Å². The lowest BCUT2D eigenvalue weighted by atomic mass is 9.89. The fraction of sp³-hybridized carbons (Fsp3) is 0.435. The van der Waals surface area contributed by atoms with Crippen LogP contribution in [0.2, 0.25) is 0 Å². The maximum Gasteiger partial charge on any atom is 0.263 e. The van der Waals surface area contributed by atoms with Gasteiger partial charge in [0.2, 0.25) is 0 Å². The smallest absolute Gasteiger partial charge is 0.263 e. The summed E-state index contributed by atoms with van der Waals surface area (Å²) in [5.41, 5.74) is 2.82. The van der Waals surface area contributed by atoms with E-state index in [1.54, 1.807) is 10.7 Å². The van der Waals surface area contributed by atoms with Crippen molar-refractivity contribution in [2.45, 2.75) is 38.0 Å². The Kier molecular flexibility index (Phi) is 5.29. The first-order valence-electron chi connectivity index (χ1n) is 10.8. The molecule has 3 aromatic heterocycles. The van der Waals surface area contributed by atoms with E-state index in [1.165, 1.54) is 23.3 Å². The van der Waals surface area contributed by atoms with Crippen molar-refractivity contribution in [2.75, 3.05) is 26.2 Å². The molecule has 0 aliphatic carbocycles. The number of carbonyl (C=O) groups excluding carboxylic acids is 2. The number of piperidine rings is 2. The van der Waals surface area contributed by atoms with Crippen molar-refractivity contribution >= 4 is 28.7 Å². The van der Waals surface area contributed by atoms with E-state index >= 15 is 0 Å². The van der Waals surface area contributed by atoms with Gasteiger partial charge in [-0.25, -0.2) is 4.52 Å². The highest BCUT2D eigenvalue weighted by Gasteiger charge is 2.26. The number of rotatable bonds is 3. The van der Waals surface area contributed by atoms with Crippen LogP contribution in [0.15, 0.2) is 42.0 Å². The van der Waals surface area contributed by atoms with E-state index in [0.29, 0.717) is 11.5 Å². The first-order valence-corrected chi connectivity index (χ1v) is 11.7. The maximum absolute atomic E-state index is 13.0. The number of hydrogen-bond acceptors (Lipinski definition) is 4. The lowest BCUT2D eigenvalue weighted by Gasteiger charge is -2.32. The van der Waals surface area contributed by atoms with Crippen LogP contribution >= 0.6 is 11.3 Å². The average Bonchev–Trinajstić information content (AvgIpc) is 3.49. The Balaban J connectivity index is 1.32. The summed E-state index contributed by atoms with van der Waals surface area (Å²) in [5, 5.41) is 6.35. The Bertz CT molecular complexity index is 1040. The number of hydrogen-bond donors (Lipinski definition) is 0. The first-order chi connectivity index (χ1) is 14.7. The Morgan fingerprint density at radius 1 is 0.967 bits per heavy atom. The minimum Gasteiger partial charge on any atom is -0.339 e. The third-order valence-corrected chi connectivity index (χ3v) is 7.26. The van der Waals surface area contributed by atoms with Gasteiger partial charge in [-0.15, -0.1) is 11.3 Å². The molecule has 2 aliphatic heterocycles. The van der Waals surface area contributed by atoms with Gasteiger partial charge in [0.15, 0.2) is 0 Å². The molecule has 156 valence electrons. The second-order valence-electron chi connectivity index (χ2n) is 8.24. The fourth-order valence-electron chi connectivity index (χ4n) is 4.66. The van der Waals surface area contributed by atoms with Crippen molar-refractivity contribution in [3.8, 4) is 0 Å². The number of amides is 2. The number of pyridine rings is 1. The average molecular weight is 423 g/mol. The molecule has 2 fully saturated rings. The zero-order valence-corrected chi connectivity index (χ0v) is 17.8. The zero-order valence-electron chi connectivity index (χ0n) is 17.0. The van der Waals surface area contributed by atoms with Crippen LogP contribution in [0.3, 0.4) is 0 Å². The van der Waals surface area contributed by atoms with Crippen molar-refractivity contribution in [1.29, 1.82) is 0 Å². The summed E-state index contributed by atoms with van der Waals surface area (Å²) >= 11 is 1.50. The van der Waals surface area contributed by atoms with Gasteiger partial charge in [0.05, 0.1) is 22.2 Å². The number of nitrogens with zero attached hydrogens (tertiary/aromatic N) is 4. The van der Waals surface area contributed by atoms with E-state index in [-0.39, 0.29) is 11.8 Å². The van der Waals surface area contributed by atoms with E-state index in [2.05, 4.69) is 17.2 Å². The molecule has 7 heteroatoms. The second kappa shape index (κ2) is 8.22. The number of aromatic nitrogens is 2. The van der Waals surface area contributed by atoms with Gasteiger partial charge in [-0.3, -0.25) is 9.59 Å². The zero-order chi connectivity index (χ0) is 20.5. The molecule has 3 aromatic rings. The van der Waals surface area contributed by atoms with Crippen LogP contribution in [0.4, 0.5) is 0 Å². The van der Waals surface area contributed by atoms with Crippen LogP contribution in [0.1, 0.15) is 63.6 Å². The molecule has 0 spiro atoms. The standard InChI is InChI=1S/C23H26N4O2S/c28-22(25-9-2-1-3-10-25)19-16-24-27-13-8-18(15-20(19)27)17-6-11-26(12-7-17)23(29)21-5-4-14-30-21/h4-5,8,13-17H,1-3,6-7,9-12H2. The summed E-state index contributed by atoms with van der Waals surface area (Å²) in [7, 11) is 0. The van der Waals surface area contributed by atoms with Crippen molar-refractivity contribution in [3.05, 3.63) is 58.0 Å². The van der Waals surface area contributed by atoms with Crippen LogP contribution < -0.4 is 0 Å². The molecular weight excluding hydrogens is 396 g/mol. The molecule has 30 heavy (non-hydrogen) atoms. The number of likely N-dealkylation sites (tertiary alicyclic amines) is 2. The lowest BCUT2D eigenvalue weighted by molar-refractivity contribution is 0.0713. The summed E-state index contributed by atoms with van der Waals surface area (Å²) < 4.78 is 1.80. The molecule has 0 atom stereocenters. The largest absolute Gasteiger partial charge is 0.339 e. The first kappa shape index (κ1) is 19.3. The van der Waals surface area contributed by atoms with Gasteiger partial charge in [-0.1, -0.05) is 6.07 Å². The molecule has 2 amide bonds. The molecule has 6 nitrogen and oxygen atoms in total. The van der Waals surface area contributed by atoms with Gasteiger partial charge in [-0.05, 0) is 67.2 Å². The predicted molar refractivity (Wildman–Crippen MR) is 117 cm³/mol. The number of fused-ring (bicyclic) bond motifs is 1. The predicted octanol–water partition coefficient (Wildman–Crippen LogP) is 4.04. The molecule has 5 heterocycles. The minimum absolute atomic E-state index is 0.0956. The highest BCUT2D eigenvalue weighted by Crippen LogP contribution is 2.30. The Morgan fingerprint density at radius 3 is 2.47 bits per heavy atom. The molecule has 0 N–H and O–H groups in total. The molecule has 0 aromatic carbocycles. The maximum atomic E-state index is 13.0. The molecule has 0 saturated carbocycles. The third kappa shape index (κ3) is 3.62. The quantitative estimate of drug-likeness (QED) is 0.640.